The first-order valence-electron chi connectivity index (χ1n) is 10.4. The fourth-order valence-corrected chi connectivity index (χ4v) is 3.96. The minimum Gasteiger partial charge on any atom is -0.352 e. The van der Waals surface area contributed by atoms with Crippen LogP contribution >= 0.6 is 11.6 Å². The molecule has 4 rings (SSSR count). The molecule has 0 saturated carbocycles. The zero-order chi connectivity index (χ0) is 21.6. The summed E-state index contributed by atoms with van der Waals surface area (Å²) in [6.45, 7) is 2.80. The average molecular weight is 443 g/mol. The highest BCUT2D eigenvalue weighted by Gasteiger charge is 2.26. The van der Waals surface area contributed by atoms with E-state index in [1.807, 2.05) is 24.3 Å². The van der Waals surface area contributed by atoms with Gasteiger partial charge in [-0.3, -0.25) is 4.79 Å². The molecule has 2 aromatic carbocycles. The fourth-order valence-electron chi connectivity index (χ4n) is 3.76. The standard InChI is InChI=1S/C23H24ClFN4O2/c24-20-6-2-1-4-17(20)14-26-21(30)11-13-29-12-3-5-18(15-29)23-27-22(28-31-23)16-7-9-19(25)10-8-16/h1-2,4,6-10,18H,3,5,11-15H2,(H,26,30). The SMILES string of the molecule is O=C(CCN1CCCC(c2nc(-c3ccc(F)cc3)no2)C1)NCc1ccccc1Cl. The topological polar surface area (TPSA) is 71.3 Å². The number of carbonyl (C=O) groups excluding carboxylic acids is 1. The van der Waals surface area contributed by atoms with Crippen LogP contribution in [-0.4, -0.2) is 40.6 Å². The summed E-state index contributed by atoms with van der Waals surface area (Å²) in [4.78, 5) is 19.0. The Morgan fingerprint density at radius 3 is 2.84 bits per heavy atom. The summed E-state index contributed by atoms with van der Waals surface area (Å²) < 4.78 is 18.6. The molecule has 1 atom stereocenters. The third kappa shape index (κ3) is 5.68. The molecular weight excluding hydrogens is 419 g/mol. The van der Waals surface area contributed by atoms with E-state index < -0.39 is 0 Å². The maximum atomic E-state index is 13.1. The van der Waals surface area contributed by atoms with E-state index in [0.29, 0.717) is 36.2 Å². The lowest BCUT2D eigenvalue weighted by Crippen LogP contribution is -2.37. The highest BCUT2D eigenvalue weighted by molar-refractivity contribution is 6.31. The van der Waals surface area contributed by atoms with Crippen LogP contribution < -0.4 is 5.32 Å². The highest BCUT2D eigenvalue weighted by atomic mass is 35.5. The number of piperidine rings is 1. The molecule has 0 spiro atoms. The molecule has 31 heavy (non-hydrogen) atoms. The number of nitrogens with zero attached hydrogens (tertiary/aromatic N) is 3. The van der Waals surface area contributed by atoms with Crippen LogP contribution in [0, 0.1) is 5.82 Å². The number of rotatable bonds is 7. The summed E-state index contributed by atoms with van der Waals surface area (Å²) in [6.07, 6.45) is 2.38. The van der Waals surface area contributed by atoms with Crippen molar-refractivity contribution in [2.45, 2.75) is 31.7 Å². The van der Waals surface area contributed by atoms with Crippen molar-refractivity contribution in [3.63, 3.8) is 0 Å². The fraction of sp³-hybridized carbons (Fsp3) is 0.348. The van der Waals surface area contributed by atoms with Gasteiger partial charge in [0.2, 0.25) is 17.6 Å². The molecular formula is C23H24ClFN4O2. The predicted octanol–water partition coefficient (Wildman–Crippen LogP) is 4.42. The quantitative estimate of drug-likeness (QED) is 0.586. The van der Waals surface area contributed by atoms with Crippen molar-refractivity contribution in [2.24, 2.45) is 0 Å². The molecule has 1 fully saturated rings. The molecule has 6 nitrogen and oxygen atoms in total. The van der Waals surface area contributed by atoms with Crippen molar-refractivity contribution in [1.29, 1.82) is 0 Å². The Hall–Kier alpha value is -2.77. The largest absolute Gasteiger partial charge is 0.352 e. The molecule has 0 aliphatic carbocycles. The molecule has 162 valence electrons. The van der Waals surface area contributed by atoms with Gasteiger partial charge in [-0.15, -0.1) is 0 Å². The minimum atomic E-state index is -0.300. The molecule has 0 radical (unpaired) electrons. The van der Waals surface area contributed by atoms with E-state index >= 15 is 0 Å². The third-order valence-corrected chi connectivity index (χ3v) is 5.86. The Bertz CT molecular complexity index is 1020. The van der Waals surface area contributed by atoms with Gasteiger partial charge in [0.25, 0.3) is 0 Å². The van der Waals surface area contributed by atoms with Gasteiger partial charge in [0, 0.05) is 36.6 Å². The van der Waals surface area contributed by atoms with Crippen molar-refractivity contribution in [2.75, 3.05) is 19.6 Å². The minimum absolute atomic E-state index is 0.00145. The van der Waals surface area contributed by atoms with Gasteiger partial charge in [0.1, 0.15) is 5.82 Å². The van der Waals surface area contributed by atoms with E-state index in [4.69, 9.17) is 16.1 Å². The second kappa shape index (κ2) is 10.0. The van der Waals surface area contributed by atoms with Gasteiger partial charge >= 0.3 is 0 Å². The normalized spacial score (nSPS) is 16.9. The van der Waals surface area contributed by atoms with E-state index in [1.54, 1.807) is 12.1 Å². The van der Waals surface area contributed by atoms with Crippen LogP contribution in [0.5, 0.6) is 0 Å². The average Bonchev–Trinajstić information content (AvgIpc) is 3.28. The Kier molecular flexibility index (Phi) is 6.94. The second-order valence-electron chi connectivity index (χ2n) is 7.72. The van der Waals surface area contributed by atoms with Crippen molar-refractivity contribution >= 4 is 17.5 Å². The number of amides is 1. The molecule has 1 saturated heterocycles. The van der Waals surface area contributed by atoms with Gasteiger partial charge in [-0.1, -0.05) is 35.0 Å². The van der Waals surface area contributed by atoms with E-state index in [1.165, 1.54) is 12.1 Å². The van der Waals surface area contributed by atoms with Gasteiger partial charge in [-0.05, 0) is 55.3 Å². The number of benzene rings is 2. The maximum absolute atomic E-state index is 13.1. The molecule has 8 heteroatoms. The van der Waals surface area contributed by atoms with Gasteiger partial charge in [0.15, 0.2) is 0 Å². The molecule has 1 amide bonds. The molecule has 3 aromatic rings. The molecule has 1 N–H and O–H groups in total. The van der Waals surface area contributed by atoms with Crippen LogP contribution in [0.25, 0.3) is 11.4 Å². The molecule has 2 heterocycles. The highest BCUT2D eigenvalue weighted by Crippen LogP contribution is 2.27. The van der Waals surface area contributed by atoms with Crippen LogP contribution in [0.3, 0.4) is 0 Å². The number of carbonyl (C=O) groups is 1. The summed E-state index contributed by atoms with van der Waals surface area (Å²) in [7, 11) is 0. The van der Waals surface area contributed by atoms with E-state index in [2.05, 4.69) is 20.4 Å². The number of hydrogen-bond donors (Lipinski definition) is 1. The van der Waals surface area contributed by atoms with Gasteiger partial charge in [0.05, 0.1) is 5.92 Å². The summed E-state index contributed by atoms with van der Waals surface area (Å²) in [5.41, 5.74) is 1.63. The number of hydrogen-bond acceptors (Lipinski definition) is 5. The third-order valence-electron chi connectivity index (χ3n) is 5.49. The first kappa shape index (κ1) is 21.5. The van der Waals surface area contributed by atoms with Crippen molar-refractivity contribution in [1.82, 2.24) is 20.4 Å². The number of aromatic nitrogens is 2. The van der Waals surface area contributed by atoms with Gasteiger partial charge in [-0.25, -0.2) is 4.39 Å². The lowest BCUT2D eigenvalue weighted by molar-refractivity contribution is -0.121. The van der Waals surface area contributed by atoms with Gasteiger partial charge < -0.3 is 14.7 Å². The van der Waals surface area contributed by atoms with Crippen LogP contribution in [-0.2, 0) is 11.3 Å². The number of likely N-dealkylation sites (tertiary alicyclic amines) is 1. The zero-order valence-electron chi connectivity index (χ0n) is 17.1. The predicted molar refractivity (Wildman–Crippen MR) is 116 cm³/mol. The smallest absolute Gasteiger partial charge is 0.231 e. The summed E-state index contributed by atoms with van der Waals surface area (Å²) in [5, 5.41) is 7.63. The van der Waals surface area contributed by atoms with E-state index in [-0.39, 0.29) is 17.6 Å². The molecule has 1 aromatic heterocycles. The monoisotopic (exact) mass is 442 g/mol. The second-order valence-corrected chi connectivity index (χ2v) is 8.13. The lowest BCUT2D eigenvalue weighted by atomic mass is 9.98. The van der Waals surface area contributed by atoms with E-state index in [9.17, 15) is 9.18 Å². The summed E-state index contributed by atoms with van der Waals surface area (Å²) >= 11 is 6.13. The van der Waals surface area contributed by atoms with Gasteiger partial charge in [-0.2, -0.15) is 4.98 Å². The summed E-state index contributed by atoms with van der Waals surface area (Å²) in [6, 6.07) is 13.5. The first-order chi connectivity index (χ1) is 15.1. The molecule has 1 aliphatic rings. The number of nitrogens with one attached hydrogen (secondary N) is 1. The Balaban J connectivity index is 1.27. The van der Waals surface area contributed by atoms with Crippen LogP contribution in [0.4, 0.5) is 4.39 Å². The lowest BCUT2D eigenvalue weighted by Gasteiger charge is -2.30. The van der Waals surface area contributed by atoms with E-state index in [0.717, 1.165) is 37.1 Å². The first-order valence-corrected chi connectivity index (χ1v) is 10.8. The maximum Gasteiger partial charge on any atom is 0.231 e. The van der Waals surface area contributed by atoms with Crippen LogP contribution in [0.15, 0.2) is 53.1 Å². The van der Waals surface area contributed by atoms with Crippen LogP contribution in [0.2, 0.25) is 5.02 Å². The zero-order valence-corrected chi connectivity index (χ0v) is 17.8. The summed E-state index contributed by atoms with van der Waals surface area (Å²) in [5.74, 6) is 0.879. The molecule has 1 unspecified atom stereocenters. The Labute approximate surface area is 185 Å². The van der Waals surface area contributed by atoms with Crippen molar-refractivity contribution < 1.29 is 13.7 Å². The Morgan fingerprint density at radius 1 is 1.23 bits per heavy atom. The van der Waals surface area contributed by atoms with Crippen LogP contribution in [0.1, 0.15) is 36.6 Å². The molecule has 0 bridgehead atoms. The Morgan fingerprint density at radius 2 is 2.03 bits per heavy atom. The number of halogens is 2. The molecule has 1 aliphatic heterocycles. The van der Waals surface area contributed by atoms with Crippen molar-refractivity contribution in [3.8, 4) is 11.4 Å². The van der Waals surface area contributed by atoms with Crippen molar-refractivity contribution in [3.05, 3.63) is 70.8 Å².